The highest BCUT2D eigenvalue weighted by Gasteiger charge is 2.44. The van der Waals surface area contributed by atoms with Crippen molar-refractivity contribution in [1.82, 2.24) is 0 Å². The number of hydrogen-bond acceptors (Lipinski definition) is 6. The van der Waals surface area contributed by atoms with Crippen molar-refractivity contribution in [1.29, 1.82) is 0 Å². The molecule has 0 spiro atoms. The van der Waals surface area contributed by atoms with Crippen molar-refractivity contribution in [2.45, 2.75) is 63.7 Å². The first-order valence-electron chi connectivity index (χ1n) is 8.08. The first-order chi connectivity index (χ1) is 10.9. The van der Waals surface area contributed by atoms with Gasteiger partial charge in [0.25, 0.3) is 0 Å². The standard InChI is InChI=1S/C16H26O6Si2/c1-23(2,3)21-15(11-7-9-13(17)19-11)16(22-24(4,5)6)12-8-10-14(18)20-12/h7-12,15-16H,1-6H3/t11-,12-,15?,16?/m0/s1. The topological polar surface area (TPSA) is 71.1 Å². The van der Waals surface area contributed by atoms with E-state index in [0.29, 0.717) is 0 Å². The maximum absolute atomic E-state index is 11.5. The second-order valence-corrected chi connectivity index (χ2v) is 16.8. The number of esters is 2. The van der Waals surface area contributed by atoms with E-state index in [1.165, 1.54) is 12.2 Å². The molecule has 24 heavy (non-hydrogen) atoms. The molecule has 2 heterocycles. The molecule has 4 atom stereocenters. The molecule has 8 heteroatoms. The van der Waals surface area contributed by atoms with Gasteiger partial charge in [0.1, 0.15) is 24.4 Å². The number of rotatable bonds is 7. The Morgan fingerprint density at radius 3 is 1.33 bits per heavy atom. The monoisotopic (exact) mass is 370 g/mol. The second kappa shape index (κ2) is 6.95. The number of cyclic esters (lactones) is 2. The van der Waals surface area contributed by atoms with Gasteiger partial charge < -0.3 is 18.3 Å². The Kier molecular flexibility index (Phi) is 5.53. The van der Waals surface area contributed by atoms with Gasteiger partial charge in [-0.15, -0.1) is 0 Å². The fourth-order valence-electron chi connectivity index (χ4n) is 2.58. The molecule has 0 N–H and O–H groups in total. The zero-order valence-electron chi connectivity index (χ0n) is 15.1. The third-order valence-electron chi connectivity index (χ3n) is 3.30. The van der Waals surface area contributed by atoms with E-state index in [2.05, 4.69) is 39.3 Å². The number of carbonyl (C=O) groups excluding carboxylic acids is 2. The molecule has 0 aromatic carbocycles. The second-order valence-electron chi connectivity index (χ2n) is 7.91. The van der Waals surface area contributed by atoms with Gasteiger partial charge in [0, 0.05) is 12.2 Å². The predicted molar refractivity (Wildman–Crippen MR) is 94.5 cm³/mol. The SMILES string of the molecule is C[Si](C)(C)OC(C(O[Si](C)(C)C)[C@@H]1C=CC(=O)O1)[C@@H]1C=CC(=O)O1. The predicted octanol–water partition coefficient (Wildman–Crippen LogP) is 2.39. The molecule has 0 bridgehead atoms. The van der Waals surface area contributed by atoms with Gasteiger partial charge in [-0.2, -0.15) is 0 Å². The Bertz CT molecular complexity index is 508. The third-order valence-corrected chi connectivity index (χ3v) is 5.26. The Morgan fingerprint density at radius 2 is 1.12 bits per heavy atom. The normalized spacial score (nSPS) is 26.4. The van der Waals surface area contributed by atoms with Crippen LogP contribution in [0, 0.1) is 0 Å². The minimum atomic E-state index is -1.97. The maximum atomic E-state index is 11.5. The summed E-state index contributed by atoms with van der Waals surface area (Å²) in [6.45, 7) is 12.3. The van der Waals surface area contributed by atoms with Gasteiger partial charge in [0.2, 0.25) is 0 Å². The summed E-state index contributed by atoms with van der Waals surface area (Å²) in [5.74, 6) is -0.787. The molecule has 2 aliphatic heterocycles. The van der Waals surface area contributed by atoms with E-state index in [4.69, 9.17) is 18.3 Å². The van der Waals surface area contributed by atoms with Crippen molar-refractivity contribution in [3.63, 3.8) is 0 Å². The molecule has 2 rings (SSSR count). The molecular weight excluding hydrogens is 344 g/mol. The van der Waals surface area contributed by atoms with Gasteiger partial charge in [-0.3, -0.25) is 0 Å². The molecule has 0 aromatic rings. The highest BCUT2D eigenvalue weighted by molar-refractivity contribution is 6.70. The molecule has 0 radical (unpaired) electrons. The van der Waals surface area contributed by atoms with Crippen LogP contribution in [-0.2, 0) is 27.9 Å². The summed E-state index contributed by atoms with van der Waals surface area (Å²) < 4.78 is 23.4. The third kappa shape index (κ3) is 5.40. The Hall–Kier alpha value is -1.23. The van der Waals surface area contributed by atoms with Crippen molar-refractivity contribution in [3.05, 3.63) is 24.3 Å². The fraction of sp³-hybridized carbons (Fsp3) is 0.625. The van der Waals surface area contributed by atoms with E-state index >= 15 is 0 Å². The summed E-state index contributed by atoms with van der Waals surface area (Å²) >= 11 is 0. The molecule has 0 aliphatic carbocycles. The van der Waals surface area contributed by atoms with Crippen molar-refractivity contribution in [2.75, 3.05) is 0 Å². The van der Waals surface area contributed by atoms with Crippen LogP contribution < -0.4 is 0 Å². The largest absolute Gasteiger partial charge is 0.452 e. The molecule has 0 saturated carbocycles. The summed E-state index contributed by atoms with van der Waals surface area (Å²) in [6.07, 6.45) is 4.04. The number of carbonyl (C=O) groups is 2. The van der Waals surface area contributed by atoms with Crippen molar-refractivity contribution in [2.24, 2.45) is 0 Å². The highest BCUT2D eigenvalue weighted by atomic mass is 28.4. The van der Waals surface area contributed by atoms with Crippen LogP contribution in [0.4, 0.5) is 0 Å². The molecule has 6 nitrogen and oxygen atoms in total. The van der Waals surface area contributed by atoms with Crippen LogP contribution in [0.15, 0.2) is 24.3 Å². The van der Waals surface area contributed by atoms with Crippen molar-refractivity contribution in [3.8, 4) is 0 Å². The summed E-state index contributed by atoms with van der Waals surface area (Å²) in [5, 5.41) is 0. The van der Waals surface area contributed by atoms with Crippen LogP contribution in [0.1, 0.15) is 0 Å². The lowest BCUT2D eigenvalue weighted by Gasteiger charge is -2.39. The summed E-state index contributed by atoms with van der Waals surface area (Å²) in [4.78, 5) is 23.0. The molecule has 0 aromatic heterocycles. The molecule has 2 aliphatic rings. The Labute approximate surface area is 145 Å². The van der Waals surface area contributed by atoms with Gasteiger partial charge in [-0.25, -0.2) is 9.59 Å². The number of hydrogen-bond donors (Lipinski definition) is 0. The molecule has 0 amide bonds. The summed E-state index contributed by atoms with van der Waals surface area (Å²) in [6, 6.07) is 0. The quantitative estimate of drug-likeness (QED) is 0.506. The molecule has 134 valence electrons. The van der Waals surface area contributed by atoms with Crippen molar-refractivity contribution < 1.29 is 27.9 Å². The highest BCUT2D eigenvalue weighted by Crippen LogP contribution is 2.28. The van der Waals surface area contributed by atoms with E-state index in [-0.39, 0.29) is 0 Å². The fourth-order valence-corrected chi connectivity index (χ4v) is 4.75. The van der Waals surface area contributed by atoms with Gasteiger partial charge in [-0.1, -0.05) is 0 Å². The van der Waals surface area contributed by atoms with E-state index < -0.39 is 53.0 Å². The van der Waals surface area contributed by atoms with Crippen LogP contribution in [0.2, 0.25) is 39.3 Å². The van der Waals surface area contributed by atoms with Gasteiger partial charge in [0.05, 0.1) is 0 Å². The summed E-state index contributed by atoms with van der Waals surface area (Å²) in [5.41, 5.74) is 0. The van der Waals surface area contributed by atoms with Crippen LogP contribution in [0.3, 0.4) is 0 Å². The molecule has 2 unspecified atom stereocenters. The first kappa shape index (κ1) is 19.1. The minimum Gasteiger partial charge on any atom is -0.452 e. The average Bonchev–Trinajstić information content (AvgIpc) is 3.00. The number of ether oxygens (including phenoxy) is 2. The smallest absolute Gasteiger partial charge is 0.331 e. The van der Waals surface area contributed by atoms with E-state index in [1.807, 2.05) is 0 Å². The van der Waals surface area contributed by atoms with Gasteiger partial charge >= 0.3 is 11.9 Å². The van der Waals surface area contributed by atoms with E-state index in [9.17, 15) is 9.59 Å². The summed E-state index contributed by atoms with van der Waals surface area (Å²) in [7, 11) is -3.94. The molecule has 0 saturated heterocycles. The lowest BCUT2D eigenvalue weighted by molar-refractivity contribution is -0.153. The zero-order valence-corrected chi connectivity index (χ0v) is 17.1. The average molecular weight is 371 g/mol. The Balaban J connectivity index is 2.31. The lowest BCUT2D eigenvalue weighted by atomic mass is 10.0. The van der Waals surface area contributed by atoms with E-state index in [1.54, 1.807) is 12.2 Å². The van der Waals surface area contributed by atoms with Crippen LogP contribution >= 0.6 is 0 Å². The zero-order chi connectivity index (χ0) is 18.1. The first-order valence-corrected chi connectivity index (χ1v) is 14.9. The molecular formula is C16H26O6Si2. The maximum Gasteiger partial charge on any atom is 0.331 e. The minimum absolute atomic E-state index is 0.394. The van der Waals surface area contributed by atoms with Crippen LogP contribution in [-0.4, -0.2) is 53.0 Å². The lowest BCUT2D eigenvalue weighted by Crippen LogP contribution is -2.54. The van der Waals surface area contributed by atoms with Gasteiger partial charge in [-0.05, 0) is 51.4 Å². The van der Waals surface area contributed by atoms with Gasteiger partial charge in [0.15, 0.2) is 16.6 Å². The molecule has 0 fully saturated rings. The Morgan fingerprint density at radius 1 is 0.792 bits per heavy atom. The van der Waals surface area contributed by atoms with Crippen LogP contribution in [0.25, 0.3) is 0 Å². The van der Waals surface area contributed by atoms with E-state index in [0.717, 1.165) is 0 Å². The van der Waals surface area contributed by atoms with Crippen molar-refractivity contribution >= 4 is 28.6 Å². The van der Waals surface area contributed by atoms with Crippen LogP contribution in [0.5, 0.6) is 0 Å².